The van der Waals surface area contributed by atoms with Crippen molar-refractivity contribution in [3.8, 4) is 0 Å². The molecule has 0 atom stereocenters. The summed E-state index contributed by atoms with van der Waals surface area (Å²) in [5, 5.41) is 19.0. The molecule has 13 nitrogen and oxygen atoms in total. The van der Waals surface area contributed by atoms with Crippen LogP contribution >= 0.6 is 0 Å². The zero-order valence-electron chi connectivity index (χ0n) is 15.4. The molecule has 5 amide bonds. The molecule has 0 aromatic heterocycles. The maximum absolute atomic E-state index is 12.2. The third kappa shape index (κ3) is 10.9. The van der Waals surface area contributed by atoms with Gasteiger partial charge in [-0.3, -0.25) is 28.8 Å². The van der Waals surface area contributed by atoms with Gasteiger partial charge in [0.15, 0.2) is 0 Å². The van der Waals surface area contributed by atoms with Crippen LogP contribution in [0.2, 0.25) is 0 Å². The van der Waals surface area contributed by atoms with Crippen LogP contribution in [0, 0.1) is 0 Å². The van der Waals surface area contributed by atoms with Crippen LogP contribution in [0.1, 0.15) is 6.92 Å². The van der Waals surface area contributed by atoms with Crippen molar-refractivity contribution in [1.82, 2.24) is 31.2 Å². The van der Waals surface area contributed by atoms with Gasteiger partial charge in [-0.25, -0.2) is 0 Å². The summed E-state index contributed by atoms with van der Waals surface area (Å²) in [4.78, 5) is 70.8. The Bertz CT molecular complexity index is 629. The molecule has 1 saturated heterocycles. The van der Waals surface area contributed by atoms with Gasteiger partial charge in [0.2, 0.25) is 29.5 Å². The van der Waals surface area contributed by atoms with Gasteiger partial charge >= 0.3 is 0 Å². The molecule has 1 fully saturated rings. The first-order valence-corrected chi connectivity index (χ1v) is 7.95. The van der Waals surface area contributed by atoms with Crippen molar-refractivity contribution in [2.75, 3.05) is 45.9 Å². The van der Waals surface area contributed by atoms with E-state index in [9.17, 15) is 34.0 Å². The quantitative estimate of drug-likeness (QED) is 0.241. The van der Waals surface area contributed by atoms with Crippen molar-refractivity contribution in [2.24, 2.45) is 0 Å². The van der Waals surface area contributed by atoms with Gasteiger partial charge in [0, 0.05) is 27.3 Å². The predicted octanol–water partition coefficient (Wildman–Crippen LogP) is -4.47. The van der Waals surface area contributed by atoms with E-state index in [1.54, 1.807) is 0 Å². The molecule has 0 saturated carbocycles. The average Bonchev–Trinajstić information content (AvgIpc) is 2.58. The number of carbonyl (C=O) groups excluding carboxylic acids is 6. The third-order valence-electron chi connectivity index (χ3n) is 3.22. The first-order chi connectivity index (χ1) is 12.7. The van der Waals surface area contributed by atoms with Gasteiger partial charge in [0.05, 0.1) is 26.3 Å². The van der Waals surface area contributed by atoms with Gasteiger partial charge in [-0.1, -0.05) is 0 Å². The van der Waals surface area contributed by atoms with Crippen LogP contribution in [0.25, 0.3) is 0 Å². The van der Waals surface area contributed by atoms with Gasteiger partial charge in [-0.05, 0) is 6.92 Å². The number of amides is 5. The smallest absolute Gasteiger partial charge is 0.243 e. The Hall–Kier alpha value is -2.14. The Balaban J connectivity index is 0.00000729. The largest absolute Gasteiger partial charge is 0.347 e. The monoisotopic (exact) mass is 500 g/mol. The summed E-state index contributed by atoms with van der Waals surface area (Å²) in [5.41, 5.74) is 0. The van der Waals surface area contributed by atoms with E-state index >= 15 is 0 Å². The molecule has 0 aromatic rings. The number of nitrogens with zero attached hydrogens (tertiary/aromatic N) is 2. The Labute approximate surface area is 180 Å². The van der Waals surface area contributed by atoms with Crippen molar-refractivity contribution in [2.45, 2.75) is 6.92 Å². The molecule has 0 unspecified atom stereocenters. The summed E-state index contributed by atoms with van der Waals surface area (Å²) in [7, 11) is 0. The fourth-order valence-corrected chi connectivity index (χ4v) is 1.89. The number of hydrogen-bond donors (Lipinski definition) is 5. The molecule has 0 aliphatic carbocycles. The summed E-state index contributed by atoms with van der Waals surface area (Å²) in [6.07, 6.45) is 0. The van der Waals surface area contributed by atoms with E-state index in [4.69, 9.17) is 0 Å². The Kier molecular flexibility index (Phi) is 12.1. The van der Waals surface area contributed by atoms with Crippen LogP contribution in [0.15, 0.2) is 0 Å². The second kappa shape index (κ2) is 13.1. The second-order valence-electron chi connectivity index (χ2n) is 5.70. The molecule has 0 spiro atoms. The van der Waals surface area contributed by atoms with E-state index in [2.05, 4.69) is 21.3 Å². The SMILES string of the molecule is CC(=O)CNC(=O)CN1CNC(=O)CNC(=O)CN(O)CC(=O)NCC1=O.[Cd]. The fourth-order valence-electron chi connectivity index (χ4n) is 1.89. The standard InChI is InChI=1S/C14H22N6O7.Cd/c1-9(21)2-15-11(23)5-19-8-18-10(22)3-16-12(24)6-20(27)7-13(25)17-4-14(19)26;/h27H,2-8H2,1H3,(H,15,23)(H,16,24)(H,17,25)(H,18,22);. The van der Waals surface area contributed by atoms with E-state index in [1.165, 1.54) is 6.92 Å². The van der Waals surface area contributed by atoms with E-state index in [1.807, 2.05) is 0 Å². The molecule has 5 N–H and O–H groups in total. The van der Waals surface area contributed by atoms with Crippen LogP contribution in [0.4, 0.5) is 0 Å². The first kappa shape index (κ1) is 25.9. The second-order valence-corrected chi connectivity index (χ2v) is 5.70. The zero-order chi connectivity index (χ0) is 20.4. The summed E-state index contributed by atoms with van der Waals surface area (Å²) >= 11 is 0. The van der Waals surface area contributed by atoms with Crippen molar-refractivity contribution < 1.29 is 61.3 Å². The van der Waals surface area contributed by atoms with Gasteiger partial charge in [0.1, 0.15) is 25.4 Å². The maximum Gasteiger partial charge on any atom is 0.243 e. The predicted molar refractivity (Wildman–Crippen MR) is 87.8 cm³/mol. The maximum atomic E-state index is 12.2. The van der Waals surface area contributed by atoms with Crippen LogP contribution in [-0.2, 0) is 56.1 Å². The Morgan fingerprint density at radius 2 is 1.57 bits per heavy atom. The number of nitrogens with one attached hydrogen (secondary N) is 4. The van der Waals surface area contributed by atoms with E-state index < -0.39 is 62.3 Å². The molecule has 0 radical (unpaired) electrons. The Morgan fingerprint density at radius 1 is 1.00 bits per heavy atom. The number of Topliss-reactive ketones (excluding diaryl/α,β-unsaturated/α-hetero) is 1. The van der Waals surface area contributed by atoms with Crippen LogP contribution in [0.3, 0.4) is 0 Å². The van der Waals surface area contributed by atoms with E-state index in [0.29, 0.717) is 5.06 Å². The molecule has 0 aromatic carbocycles. The van der Waals surface area contributed by atoms with E-state index in [-0.39, 0.29) is 46.3 Å². The topological polar surface area (TPSA) is 177 Å². The minimum absolute atomic E-state index is 0. The molecular formula is C14H22CdN6O7. The third-order valence-corrected chi connectivity index (χ3v) is 3.22. The normalized spacial score (nSPS) is 17.4. The van der Waals surface area contributed by atoms with Crippen molar-refractivity contribution in [3.63, 3.8) is 0 Å². The molecule has 0 bridgehead atoms. The van der Waals surface area contributed by atoms with Crippen LogP contribution < -0.4 is 21.3 Å². The van der Waals surface area contributed by atoms with Gasteiger partial charge in [-0.2, -0.15) is 5.06 Å². The van der Waals surface area contributed by atoms with Crippen LogP contribution in [-0.4, -0.2) is 96.4 Å². The summed E-state index contributed by atoms with van der Waals surface area (Å²) in [6, 6.07) is 0. The molecule has 28 heavy (non-hydrogen) atoms. The van der Waals surface area contributed by atoms with E-state index in [0.717, 1.165) is 4.90 Å². The average molecular weight is 499 g/mol. The number of hydrogen-bond acceptors (Lipinski definition) is 8. The van der Waals surface area contributed by atoms with Crippen molar-refractivity contribution in [3.05, 3.63) is 0 Å². The number of rotatable bonds is 4. The number of hydroxylamine groups is 2. The number of carbonyl (C=O) groups is 6. The molecule has 14 heteroatoms. The molecular weight excluding hydrogens is 477 g/mol. The summed E-state index contributed by atoms with van der Waals surface area (Å²) in [6.45, 7) is -1.73. The minimum Gasteiger partial charge on any atom is -0.347 e. The molecule has 152 valence electrons. The zero-order valence-corrected chi connectivity index (χ0v) is 19.5. The van der Waals surface area contributed by atoms with Gasteiger partial charge in [-0.15, -0.1) is 0 Å². The summed E-state index contributed by atoms with van der Waals surface area (Å²) < 4.78 is 0. The number of ketones is 1. The van der Waals surface area contributed by atoms with Crippen molar-refractivity contribution >= 4 is 35.3 Å². The Morgan fingerprint density at radius 3 is 2.14 bits per heavy atom. The molecule has 1 aliphatic heterocycles. The van der Waals surface area contributed by atoms with Gasteiger partial charge in [0.25, 0.3) is 0 Å². The fraction of sp³-hybridized carbons (Fsp3) is 0.571. The molecule has 1 rings (SSSR count). The summed E-state index contributed by atoms with van der Waals surface area (Å²) in [5.74, 6) is -3.62. The van der Waals surface area contributed by atoms with Crippen LogP contribution in [0.5, 0.6) is 0 Å². The van der Waals surface area contributed by atoms with Gasteiger partial charge < -0.3 is 31.4 Å². The molecule has 1 heterocycles. The minimum atomic E-state index is -0.722. The van der Waals surface area contributed by atoms with Crippen molar-refractivity contribution in [1.29, 1.82) is 0 Å². The first-order valence-electron chi connectivity index (χ1n) is 7.95. The molecule has 1 aliphatic rings.